The van der Waals surface area contributed by atoms with E-state index in [4.69, 9.17) is 13.9 Å². The summed E-state index contributed by atoms with van der Waals surface area (Å²) in [5.74, 6) is 1.12. The first-order valence-corrected chi connectivity index (χ1v) is 9.38. The molecular formula is C21H21N3O5. The van der Waals surface area contributed by atoms with E-state index in [2.05, 4.69) is 15.2 Å². The van der Waals surface area contributed by atoms with Crippen LogP contribution in [0.25, 0.3) is 11.0 Å². The number of benzene rings is 1. The number of hydrogen-bond donors (Lipinski definition) is 1. The van der Waals surface area contributed by atoms with Crippen molar-refractivity contribution < 1.29 is 18.7 Å². The predicted octanol–water partition coefficient (Wildman–Crippen LogP) is 1.72. The summed E-state index contributed by atoms with van der Waals surface area (Å²) < 4.78 is 16.0. The molecule has 3 aromatic rings. The normalized spacial score (nSPS) is 14.0. The Hall–Kier alpha value is -3.39. The van der Waals surface area contributed by atoms with E-state index in [9.17, 15) is 9.59 Å². The lowest BCUT2D eigenvalue weighted by atomic mass is 10.2. The second-order valence-corrected chi connectivity index (χ2v) is 6.64. The summed E-state index contributed by atoms with van der Waals surface area (Å²) in [6.45, 7) is 3.32. The molecule has 4 rings (SSSR count). The zero-order valence-corrected chi connectivity index (χ0v) is 15.8. The minimum Gasteiger partial charge on any atom is -0.484 e. The third kappa shape index (κ3) is 4.91. The van der Waals surface area contributed by atoms with E-state index < -0.39 is 5.63 Å². The van der Waals surface area contributed by atoms with Crippen LogP contribution in [0.1, 0.15) is 5.56 Å². The largest absolute Gasteiger partial charge is 0.484 e. The fourth-order valence-electron chi connectivity index (χ4n) is 3.03. The average Bonchev–Trinajstić information content (AvgIpc) is 2.77. The average molecular weight is 395 g/mol. The smallest absolute Gasteiger partial charge is 0.336 e. The van der Waals surface area contributed by atoms with Gasteiger partial charge in [0.1, 0.15) is 17.2 Å². The number of morpholine rings is 1. The highest BCUT2D eigenvalue weighted by Crippen LogP contribution is 2.19. The summed E-state index contributed by atoms with van der Waals surface area (Å²) in [6, 6.07) is 12.0. The first-order valence-electron chi connectivity index (χ1n) is 9.38. The summed E-state index contributed by atoms with van der Waals surface area (Å²) in [5.41, 5.74) is 0.894. The Morgan fingerprint density at radius 1 is 1.14 bits per heavy atom. The number of carbonyl (C=O) groups excluding carboxylic acids is 1. The van der Waals surface area contributed by atoms with Crippen LogP contribution in [-0.2, 0) is 16.1 Å². The molecule has 1 aliphatic rings. The SMILES string of the molecule is O=C(COc1ccc2ccc(=O)oc2c1)NCc1ccc(N2CCOCC2)nc1. The summed E-state index contributed by atoms with van der Waals surface area (Å²) in [5, 5.41) is 3.59. The molecule has 1 fully saturated rings. The Morgan fingerprint density at radius 2 is 1.97 bits per heavy atom. The fourth-order valence-corrected chi connectivity index (χ4v) is 3.03. The van der Waals surface area contributed by atoms with Gasteiger partial charge in [0.2, 0.25) is 0 Å². The molecule has 2 aromatic heterocycles. The lowest BCUT2D eigenvalue weighted by Crippen LogP contribution is -2.36. The number of aromatic nitrogens is 1. The van der Waals surface area contributed by atoms with Gasteiger partial charge in [0.05, 0.1) is 13.2 Å². The Balaban J connectivity index is 1.27. The van der Waals surface area contributed by atoms with Gasteiger partial charge in [-0.25, -0.2) is 9.78 Å². The van der Waals surface area contributed by atoms with Gasteiger partial charge in [-0.05, 0) is 29.8 Å². The highest BCUT2D eigenvalue weighted by atomic mass is 16.5. The maximum Gasteiger partial charge on any atom is 0.336 e. The molecule has 29 heavy (non-hydrogen) atoms. The number of nitrogens with zero attached hydrogens (tertiary/aromatic N) is 2. The summed E-state index contributed by atoms with van der Waals surface area (Å²) in [4.78, 5) is 30.0. The molecule has 1 aromatic carbocycles. The van der Waals surface area contributed by atoms with Crippen LogP contribution in [0.4, 0.5) is 5.82 Å². The van der Waals surface area contributed by atoms with E-state index in [0.29, 0.717) is 31.1 Å². The van der Waals surface area contributed by atoms with Gasteiger partial charge in [-0.3, -0.25) is 4.79 Å². The number of fused-ring (bicyclic) bond motifs is 1. The van der Waals surface area contributed by atoms with Gasteiger partial charge in [-0.15, -0.1) is 0 Å². The molecule has 3 heterocycles. The molecular weight excluding hydrogens is 374 g/mol. The van der Waals surface area contributed by atoms with Crippen LogP contribution in [0, 0.1) is 0 Å². The van der Waals surface area contributed by atoms with E-state index in [1.807, 2.05) is 12.1 Å². The zero-order chi connectivity index (χ0) is 20.1. The van der Waals surface area contributed by atoms with E-state index in [1.54, 1.807) is 30.5 Å². The summed E-state index contributed by atoms with van der Waals surface area (Å²) in [6.07, 6.45) is 1.76. The van der Waals surface area contributed by atoms with Gasteiger partial charge in [-0.2, -0.15) is 0 Å². The van der Waals surface area contributed by atoms with E-state index in [0.717, 1.165) is 29.9 Å². The number of amides is 1. The van der Waals surface area contributed by atoms with Crippen LogP contribution in [0.5, 0.6) is 5.75 Å². The molecule has 8 heteroatoms. The van der Waals surface area contributed by atoms with Crippen molar-refractivity contribution >= 4 is 22.7 Å². The van der Waals surface area contributed by atoms with Crippen molar-refractivity contribution in [2.75, 3.05) is 37.8 Å². The van der Waals surface area contributed by atoms with Gasteiger partial charge in [0.15, 0.2) is 6.61 Å². The molecule has 8 nitrogen and oxygen atoms in total. The Labute approximate surface area is 167 Å². The lowest BCUT2D eigenvalue weighted by Gasteiger charge is -2.27. The molecule has 0 radical (unpaired) electrons. The Kier molecular flexibility index (Phi) is 5.71. The predicted molar refractivity (Wildman–Crippen MR) is 107 cm³/mol. The molecule has 1 N–H and O–H groups in total. The third-order valence-corrected chi connectivity index (χ3v) is 4.60. The minimum atomic E-state index is -0.430. The van der Waals surface area contributed by atoms with Gasteiger partial charge in [0, 0.05) is 43.4 Å². The lowest BCUT2D eigenvalue weighted by molar-refractivity contribution is -0.123. The molecule has 1 saturated heterocycles. The van der Waals surface area contributed by atoms with Crippen molar-refractivity contribution in [1.82, 2.24) is 10.3 Å². The Bertz CT molecular complexity index is 1040. The van der Waals surface area contributed by atoms with Crippen molar-refractivity contribution in [1.29, 1.82) is 0 Å². The third-order valence-electron chi connectivity index (χ3n) is 4.60. The van der Waals surface area contributed by atoms with E-state index in [1.165, 1.54) is 6.07 Å². The quantitative estimate of drug-likeness (QED) is 0.635. The number of nitrogens with one attached hydrogen (secondary N) is 1. The van der Waals surface area contributed by atoms with Crippen LogP contribution in [0.15, 0.2) is 57.9 Å². The molecule has 1 aliphatic heterocycles. The standard InChI is InChI=1S/C21H21N3O5/c25-20(14-28-17-4-2-16-3-6-21(26)29-18(16)11-17)23-13-15-1-5-19(22-12-15)24-7-9-27-10-8-24/h1-6,11-12H,7-10,13-14H2,(H,23,25). The maximum atomic E-state index is 12.1. The van der Waals surface area contributed by atoms with Crippen molar-refractivity contribution in [3.8, 4) is 5.75 Å². The number of carbonyl (C=O) groups is 1. The maximum absolute atomic E-state index is 12.1. The highest BCUT2D eigenvalue weighted by Gasteiger charge is 2.12. The van der Waals surface area contributed by atoms with Crippen molar-refractivity contribution in [3.05, 3.63) is 64.6 Å². The molecule has 0 unspecified atom stereocenters. The van der Waals surface area contributed by atoms with Gasteiger partial charge in [0.25, 0.3) is 5.91 Å². The first kappa shape index (κ1) is 18.9. The number of rotatable bonds is 6. The van der Waals surface area contributed by atoms with Crippen molar-refractivity contribution in [2.45, 2.75) is 6.54 Å². The number of ether oxygens (including phenoxy) is 2. The topological polar surface area (TPSA) is 93.9 Å². The van der Waals surface area contributed by atoms with E-state index >= 15 is 0 Å². The van der Waals surface area contributed by atoms with Crippen LogP contribution >= 0.6 is 0 Å². The molecule has 1 amide bonds. The second-order valence-electron chi connectivity index (χ2n) is 6.64. The number of hydrogen-bond acceptors (Lipinski definition) is 7. The molecule has 0 spiro atoms. The van der Waals surface area contributed by atoms with Gasteiger partial charge < -0.3 is 24.1 Å². The van der Waals surface area contributed by atoms with Crippen LogP contribution in [-0.4, -0.2) is 43.8 Å². The second kappa shape index (κ2) is 8.74. The molecule has 0 saturated carbocycles. The number of anilines is 1. The fraction of sp³-hybridized carbons (Fsp3) is 0.286. The monoisotopic (exact) mass is 395 g/mol. The van der Waals surface area contributed by atoms with Crippen LogP contribution < -0.4 is 20.6 Å². The van der Waals surface area contributed by atoms with Crippen molar-refractivity contribution in [3.63, 3.8) is 0 Å². The molecule has 0 aliphatic carbocycles. The first-order chi connectivity index (χ1) is 14.2. The number of pyridine rings is 1. The van der Waals surface area contributed by atoms with E-state index in [-0.39, 0.29) is 12.5 Å². The van der Waals surface area contributed by atoms with Crippen molar-refractivity contribution in [2.24, 2.45) is 0 Å². The minimum absolute atomic E-state index is 0.137. The summed E-state index contributed by atoms with van der Waals surface area (Å²) in [7, 11) is 0. The van der Waals surface area contributed by atoms with Gasteiger partial charge in [-0.1, -0.05) is 6.07 Å². The van der Waals surface area contributed by atoms with Crippen LogP contribution in [0.2, 0.25) is 0 Å². The highest BCUT2D eigenvalue weighted by molar-refractivity contribution is 5.79. The molecule has 0 atom stereocenters. The molecule has 150 valence electrons. The van der Waals surface area contributed by atoms with Gasteiger partial charge >= 0.3 is 5.63 Å². The summed E-state index contributed by atoms with van der Waals surface area (Å²) >= 11 is 0. The Morgan fingerprint density at radius 3 is 2.76 bits per heavy atom. The molecule has 0 bridgehead atoms. The zero-order valence-electron chi connectivity index (χ0n) is 15.8. The van der Waals surface area contributed by atoms with Crippen LogP contribution in [0.3, 0.4) is 0 Å².